The monoisotopic (exact) mass is 300 g/mol. The van der Waals surface area contributed by atoms with E-state index in [4.69, 9.17) is 5.73 Å². The second kappa shape index (κ2) is 5.71. The van der Waals surface area contributed by atoms with E-state index < -0.39 is 0 Å². The summed E-state index contributed by atoms with van der Waals surface area (Å²) in [7, 11) is 0. The third-order valence-electron chi connectivity index (χ3n) is 4.11. The van der Waals surface area contributed by atoms with E-state index >= 15 is 0 Å². The van der Waals surface area contributed by atoms with Gasteiger partial charge in [-0.25, -0.2) is 14.4 Å². The van der Waals surface area contributed by atoms with Crippen LogP contribution in [0, 0.1) is 5.82 Å². The topological polar surface area (TPSA) is 72.1 Å². The van der Waals surface area contributed by atoms with Crippen LogP contribution in [0.15, 0.2) is 36.7 Å². The van der Waals surface area contributed by atoms with Crippen molar-refractivity contribution in [2.24, 2.45) is 0 Å². The second-order valence-electron chi connectivity index (χ2n) is 5.58. The summed E-state index contributed by atoms with van der Waals surface area (Å²) in [5, 5.41) is 0. The summed E-state index contributed by atoms with van der Waals surface area (Å²) in [4.78, 5) is 22.3. The summed E-state index contributed by atoms with van der Waals surface area (Å²) in [5.41, 5.74) is 6.96. The Bertz CT molecular complexity index is 689. The number of halogens is 1. The number of hydrogen-bond donors (Lipinski definition) is 1. The van der Waals surface area contributed by atoms with E-state index in [0.29, 0.717) is 6.54 Å². The van der Waals surface area contributed by atoms with E-state index in [-0.39, 0.29) is 35.2 Å². The second-order valence-corrected chi connectivity index (χ2v) is 5.58. The molecule has 2 N–H and O–H groups in total. The van der Waals surface area contributed by atoms with Crippen molar-refractivity contribution < 1.29 is 9.18 Å². The highest BCUT2D eigenvalue weighted by Gasteiger charge is 2.34. The third-order valence-corrected chi connectivity index (χ3v) is 4.11. The van der Waals surface area contributed by atoms with Crippen LogP contribution in [0.25, 0.3) is 0 Å². The summed E-state index contributed by atoms with van der Waals surface area (Å²) < 4.78 is 13.0. The Hall–Kier alpha value is -2.50. The summed E-state index contributed by atoms with van der Waals surface area (Å²) in [6.45, 7) is 2.57. The number of aromatic nitrogens is 2. The van der Waals surface area contributed by atoms with Crippen molar-refractivity contribution in [3.05, 3.63) is 53.7 Å². The zero-order chi connectivity index (χ0) is 15.7. The van der Waals surface area contributed by atoms with Crippen LogP contribution in [0.1, 0.15) is 35.3 Å². The minimum atomic E-state index is -0.255. The van der Waals surface area contributed by atoms with Gasteiger partial charge in [-0.2, -0.15) is 0 Å². The highest BCUT2D eigenvalue weighted by Crippen LogP contribution is 2.32. The van der Waals surface area contributed by atoms with Crippen molar-refractivity contribution in [2.75, 3.05) is 12.3 Å². The van der Waals surface area contributed by atoms with Crippen molar-refractivity contribution in [1.82, 2.24) is 14.9 Å². The van der Waals surface area contributed by atoms with E-state index in [1.165, 1.54) is 24.5 Å². The number of rotatable bonds is 2. The van der Waals surface area contributed by atoms with Crippen molar-refractivity contribution >= 4 is 11.7 Å². The lowest BCUT2D eigenvalue weighted by Gasteiger charge is -2.21. The van der Waals surface area contributed by atoms with Crippen LogP contribution in [-0.4, -0.2) is 33.4 Å². The standard InChI is InChI=1S/C16H17FN4O/c1-10-8-12(11-2-4-13(17)5-3-11)9-21(10)16(22)14-15(18)20-7-6-19-14/h2-7,10,12H,8-9H2,1H3,(H2,18,20). The molecule has 5 nitrogen and oxygen atoms in total. The summed E-state index contributed by atoms with van der Waals surface area (Å²) in [6.07, 6.45) is 3.75. The number of likely N-dealkylation sites (tertiary alicyclic amines) is 1. The molecule has 2 atom stereocenters. The van der Waals surface area contributed by atoms with Gasteiger partial charge in [-0.1, -0.05) is 12.1 Å². The van der Waals surface area contributed by atoms with Gasteiger partial charge in [-0.3, -0.25) is 4.79 Å². The van der Waals surface area contributed by atoms with Crippen LogP contribution in [0.4, 0.5) is 10.2 Å². The minimum Gasteiger partial charge on any atom is -0.382 e. The predicted octanol–water partition coefficient (Wildman–Crippen LogP) is 2.22. The first-order valence-corrected chi connectivity index (χ1v) is 7.19. The molecule has 2 unspecified atom stereocenters. The molecule has 3 rings (SSSR count). The van der Waals surface area contributed by atoms with Crippen LogP contribution >= 0.6 is 0 Å². The Morgan fingerprint density at radius 1 is 1.27 bits per heavy atom. The molecule has 0 aliphatic carbocycles. The average molecular weight is 300 g/mol. The molecule has 2 aromatic rings. The summed E-state index contributed by atoms with van der Waals surface area (Å²) >= 11 is 0. The Morgan fingerprint density at radius 3 is 2.64 bits per heavy atom. The number of hydrogen-bond acceptors (Lipinski definition) is 4. The lowest BCUT2D eigenvalue weighted by molar-refractivity contribution is 0.0740. The van der Waals surface area contributed by atoms with Gasteiger partial charge < -0.3 is 10.6 Å². The predicted molar refractivity (Wildman–Crippen MR) is 80.7 cm³/mol. The Labute approximate surface area is 128 Å². The molecule has 1 amide bonds. The number of carbonyl (C=O) groups is 1. The lowest BCUT2D eigenvalue weighted by Crippen LogP contribution is -2.35. The summed E-state index contributed by atoms with van der Waals surface area (Å²) in [6, 6.07) is 6.52. The first-order valence-electron chi connectivity index (χ1n) is 7.19. The molecule has 1 aromatic carbocycles. The van der Waals surface area contributed by atoms with Crippen molar-refractivity contribution in [1.29, 1.82) is 0 Å². The molecule has 0 bridgehead atoms. The minimum absolute atomic E-state index is 0.0731. The fourth-order valence-corrected chi connectivity index (χ4v) is 2.94. The Morgan fingerprint density at radius 2 is 1.95 bits per heavy atom. The molecular formula is C16H17FN4O. The van der Waals surface area contributed by atoms with Crippen LogP contribution in [-0.2, 0) is 0 Å². The smallest absolute Gasteiger partial charge is 0.276 e. The molecule has 2 heterocycles. The van der Waals surface area contributed by atoms with Gasteiger partial charge in [-0.05, 0) is 31.0 Å². The first kappa shape index (κ1) is 14.4. The SMILES string of the molecule is CC1CC(c2ccc(F)cc2)CN1C(=O)c1nccnc1N. The maximum absolute atomic E-state index is 13.0. The van der Waals surface area contributed by atoms with Gasteiger partial charge in [0.1, 0.15) is 5.82 Å². The quantitative estimate of drug-likeness (QED) is 0.923. The van der Waals surface area contributed by atoms with E-state index in [9.17, 15) is 9.18 Å². The number of amides is 1. The van der Waals surface area contributed by atoms with Crippen molar-refractivity contribution in [2.45, 2.75) is 25.3 Å². The van der Waals surface area contributed by atoms with E-state index in [1.54, 1.807) is 17.0 Å². The van der Waals surface area contributed by atoms with E-state index in [1.807, 2.05) is 6.92 Å². The number of nitrogens with two attached hydrogens (primary N) is 1. The zero-order valence-corrected chi connectivity index (χ0v) is 12.2. The molecule has 1 saturated heterocycles. The molecule has 0 spiro atoms. The molecule has 22 heavy (non-hydrogen) atoms. The van der Waals surface area contributed by atoms with Gasteiger partial charge in [0.15, 0.2) is 11.5 Å². The largest absolute Gasteiger partial charge is 0.382 e. The first-order chi connectivity index (χ1) is 10.6. The molecule has 1 aliphatic heterocycles. The highest BCUT2D eigenvalue weighted by atomic mass is 19.1. The van der Waals surface area contributed by atoms with Gasteiger partial charge in [0.05, 0.1) is 0 Å². The number of carbonyl (C=O) groups excluding carboxylic acids is 1. The number of nitrogens with zero attached hydrogens (tertiary/aromatic N) is 3. The fraction of sp³-hybridized carbons (Fsp3) is 0.312. The van der Waals surface area contributed by atoms with Gasteiger partial charge in [0.25, 0.3) is 5.91 Å². The zero-order valence-electron chi connectivity index (χ0n) is 12.2. The lowest BCUT2D eigenvalue weighted by atomic mass is 9.97. The van der Waals surface area contributed by atoms with Gasteiger partial charge in [0.2, 0.25) is 0 Å². The van der Waals surface area contributed by atoms with E-state index in [2.05, 4.69) is 9.97 Å². The Balaban J connectivity index is 1.80. The molecule has 1 fully saturated rings. The molecule has 114 valence electrons. The van der Waals surface area contributed by atoms with E-state index in [0.717, 1.165) is 12.0 Å². The van der Waals surface area contributed by atoms with Gasteiger partial charge in [0, 0.05) is 30.9 Å². The van der Waals surface area contributed by atoms with Crippen molar-refractivity contribution in [3.63, 3.8) is 0 Å². The molecule has 0 saturated carbocycles. The fourth-order valence-electron chi connectivity index (χ4n) is 2.94. The normalized spacial score (nSPS) is 21.1. The van der Waals surface area contributed by atoms with Gasteiger partial charge in [-0.15, -0.1) is 0 Å². The van der Waals surface area contributed by atoms with Crippen LogP contribution in [0.5, 0.6) is 0 Å². The number of nitrogen functional groups attached to an aromatic ring is 1. The van der Waals surface area contributed by atoms with Crippen LogP contribution in [0.2, 0.25) is 0 Å². The molecule has 1 aliphatic rings. The molecule has 1 aromatic heterocycles. The summed E-state index contributed by atoms with van der Waals surface area (Å²) in [5.74, 6) is -0.125. The van der Waals surface area contributed by atoms with Crippen LogP contribution < -0.4 is 5.73 Å². The van der Waals surface area contributed by atoms with Gasteiger partial charge >= 0.3 is 0 Å². The maximum atomic E-state index is 13.0. The average Bonchev–Trinajstić information content (AvgIpc) is 2.90. The molecule has 0 radical (unpaired) electrons. The van der Waals surface area contributed by atoms with Crippen LogP contribution in [0.3, 0.4) is 0 Å². The highest BCUT2D eigenvalue weighted by molar-refractivity contribution is 5.96. The third kappa shape index (κ3) is 2.64. The Kier molecular flexibility index (Phi) is 3.75. The molecular weight excluding hydrogens is 283 g/mol. The number of benzene rings is 1. The molecule has 6 heteroatoms. The number of anilines is 1. The maximum Gasteiger partial charge on any atom is 0.276 e. The van der Waals surface area contributed by atoms with Crippen molar-refractivity contribution in [3.8, 4) is 0 Å².